The third kappa shape index (κ3) is 4.71. The van der Waals surface area contributed by atoms with Gasteiger partial charge in [0.25, 0.3) is 11.6 Å². The van der Waals surface area contributed by atoms with Gasteiger partial charge in [0.15, 0.2) is 0 Å². The summed E-state index contributed by atoms with van der Waals surface area (Å²) in [5.41, 5.74) is 1.21. The summed E-state index contributed by atoms with van der Waals surface area (Å²) in [5, 5.41) is 16.1. The van der Waals surface area contributed by atoms with Gasteiger partial charge in [-0.3, -0.25) is 14.9 Å². The second-order valence-corrected chi connectivity index (χ2v) is 7.35. The van der Waals surface area contributed by atoms with E-state index >= 15 is 0 Å². The van der Waals surface area contributed by atoms with Crippen LogP contribution in [-0.2, 0) is 11.2 Å². The fourth-order valence-corrected chi connectivity index (χ4v) is 3.72. The smallest absolute Gasteiger partial charge is 0.341 e. The Morgan fingerprint density at radius 3 is 2.63 bits per heavy atom. The van der Waals surface area contributed by atoms with E-state index in [9.17, 15) is 19.7 Å². The highest BCUT2D eigenvalue weighted by Gasteiger charge is 2.26. The third-order valence-corrected chi connectivity index (χ3v) is 4.81. The van der Waals surface area contributed by atoms with Crippen LogP contribution in [0.15, 0.2) is 23.6 Å². The van der Waals surface area contributed by atoms with Crippen molar-refractivity contribution in [2.75, 3.05) is 11.9 Å². The van der Waals surface area contributed by atoms with E-state index in [-0.39, 0.29) is 17.9 Å². The lowest BCUT2D eigenvalue weighted by Crippen LogP contribution is -2.17. The molecule has 1 amide bonds. The molecule has 144 valence electrons. The van der Waals surface area contributed by atoms with E-state index < -0.39 is 16.8 Å². The number of nitro benzene ring substituents is 1. The summed E-state index contributed by atoms with van der Waals surface area (Å²) < 4.78 is 5.13. The molecule has 2 aromatic rings. The van der Waals surface area contributed by atoms with Crippen LogP contribution in [0.25, 0.3) is 0 Å². The van der Waals surface area contributed by atoms with E-state index in [4.69, 9.17) is 4.74 Å². The maximum Gasteiger partial charge on any atom is 0.341 e. The first-order chi connectivity index (χ1) is 12.8. The molecule has 0 aliphatic heterocycles. The molecule has 0 radical (unpaired) electrons. The Hall–Kier alpha value is -2.74. The number of carbonyl (C=O) groups excluding carboxylic acids is 2. The van der Waals surface area contributed by atoms with E-state index in [1.807, 2.05) is 19.2 Å². The maximum atomic E-state index is 12.7. The third-order valence-electron chi connectivity index (χ3n) is 3.87. The molecular formula is C19H22N2O5S. The van der Waals surface area contributed by atoms with E-state index in [0.29, 0.717) is 28.5 Å². The van der Waals surface area contributed by atoms with Crippen molar-refractivity contribution in [2.24, 2.45) is 5.92 Å². The van der Waals surface area contributed by atoms with Crippen molar-refractivity contribution >= 4 is 33.9 Å². The number of nitro groups is 1. The van der Waals surface area contributed by atoms with Crippen molar-refractivity contribution in [2.45, 2.75) is 34.1 Å². The predicted octanol–water partition coefficient (Wildman–Crippen LogP) is 4.59. The number of hydrogen-bond donors (Lipinski definition) is 1. The number of aryl methyl sites for hydroxylation is 1. The fourth-order valence-electron chi connectivity index (χ4n) is 2.76. The van der Waals surface area contributed by atoms with Crippen LogP contribution in [0.1, 0.15) is 52.6 Å². The summed E-state index contributed by atoms with van der Waals surface area (Å²) in [4.78, 5) is 35.9. The molecule has 0 saturated heterocycles. The largest absolute Gasteiger partial charge is 0.462 e. The SMILES string of the molecule is CCOC(=O)c1c(CC(C)C)csc1NC(=O)c1cccc(C)c1[N+](=O)[O-]. The molecular weight excluding hydrogens is 368 g/mol. The Balaban J connectivity index is 2.41. The highest BCUT2D eigenvalue weighted by Crippen LogP contribution is 2.32. The number of nitrogens with one attached hydrogen (secondary N) is 1. The standard InChI is InChI=1S/C19H22N2O5S/c1-5-26-19(23)15-13(9-11(2)3)10-27-18(15)20-17(22)14-8-6-7-12(4)16(14)21(24)25/h6-8,10-11H,5,9H2,1-4H3,(H,20,22). The zero-order valence-electron chi connectivity index (χ0n) is 15.7. The minimum Gasteiger partial charge on any atom is -0.462 e. The van der Waals surface area contributed by atoms with Gasteiger partial charge in [0.1, 0.15) is 10.6 Å². The van der Waals surface area contributed by atoms with Gasteiger partial charge in [-0.1, -0.05) is 26.0 Å². The molecule has 0 aliphatic carbocycles. The lowest BCUT2D eigenvalue weighted by atomic mass is 10.0. The molecule has 7 nitrogen and oxygen atoms in total. The van der Waals surface area contributed by atoms with Gasteiger partial charge >= 0.3 is 5.97 Å². The Labute approximate surface area is 161 Å². The van der Waals surface area contributed by atoms with Gasteiger partial charge in [-0.05, 0) is 43.2 Å². The van der Waals surface area contributed by atoms with Crippen LogP contribution in [0, 0.1) is 23.0 Å². The molecule has 8 heteroatoms. The van der Waals surface area contributed by atoms with Gasteiger partial charge in [0, 0.05) is 5.56 Å². The molecule has 0 bridgehead atoms. The number of esters is 1. The molecule has 2 rings (SSSR count). The maximum absolute atomic E-state index is 12.7. The molecule has 0 atom stereocenters. The summed E-state index contributed by atoms with van der Waals surface area (Å²) in [6, 6.07) is 4.56. The number of nitrogens with zero attached hydrogens (tertiary/aromatic N) is 1. The molecule has 0 unspecified atom stereocenters. The molecule has 27 heavy (non-hydrogen) atoms. The zero-order chi connectivity index (χ0) is 20.1. The van der Waals surface area contributed by atoms with Crippen molar-refractivity contribution in [3.63, 3.8) is 0 Å². The zero-order valence-corrected chi connectivity index (χ0v) is 16.5. The van der Waals surface area contributed by atoms with Gasteiger partial charge in [0.2, 0.25) is 0 Å². The highest BCUT2D eigenvalue weighted by atomic mass is 32.1. The number of rotatable bonds is 7. The first-order valence-electron chi connectivity index (χ1n) is 8.59. The van der Waals surface area contributed by atoms with Crippen LogP contribution in [0.3, 0.4) is 0 Å². The van der Waals surface area contributed by atoms with Gasteiger partial charge in [0.05, 0.1) is 17.1 Å². The van der Waals surface area contributed by atoms with Crippen molar-refractivity contribution in [3.05, 3.63) is 55.9 Å². The average Bonchev–Trinajstić information content (AvgIpc) is 2.95. The summed E-state index contributed by atoms with van der Waals surface area (Å²) >= 11 is 1.21. The van der Waals surface area contributed by atoms with Crippen LogP contribution in [0.4, 0.5) is 10.7 Å². The van der Waals surface area contributed by atoms with Gasteiger partial charge < -0.3 is 10.1 Å². The van der Waals surface area contributed by atoms with E-state index in [0.717, 1.165) is 5.56 Å². The summed E-state index contributed by atoms with van der Waals surface area (Å²) in [6.07, 6.45) is 0.658. The van der Waals surface area contributed by atoms with E-state index in [1.54, 1.807) is 26.0 Å². The normalized spacial score (nSPS) is 10.7. The van der Waals surface area contributed by atoms with Gasteiger partial charge in [-0.25, -0.2) is 4.79 Å². The molecule has 0 aliphatic rings. The number of thiophene rings is 1. The van der Waals surface area contributed by atoms with Gasteiger partial charge in [-0.2, -0.15) is 0 Å². The van der Waals surface area contributed by atoms with Crippen LogP contribution < -0.4 is 5.32 Å². The topological polar surface area (TPSA) is 98.5 Å². The van der Waals surface area contributed by atoms with Crippen molar-refractivity contribution in [1.82, 2.24) is 0 Å². The predicted molar refractivity (Wildman–Crippen MR) is 105 cm³/mol. The van der Waals surface area contributed by atoms with E-state index in [2.05, 4.69) is 5.32 Å². The molecule has 1 heterocycles. The molecule has 0 saturated carbocycles. The minimum absolute atomic E-state index is 0.0476. The van der Waals surface area contributed by atoms with Crippen LogP contribution in [-0.4, -0.2) is 23.4 Å². The number of amides is 1. The average molecular weight is 390 g/mol. The fraction of sp³-hybridized carbons (Fsp3) is 0.368. The second kappa shape index (κ2) is 8.77. The first-order valence-corrected chi connectivity index (χ1v) is 9.47. The number of anilines is 1. The Bertz CT molecular complexity index is 873. The van der Waals surface area contributed by atoms with Crippen molar-refractivity contribution in [1.29, 1.82) is 0 Å². The molecule has 0 spiro atoms. The van der Waals surface area contributed by atoms with Crippen molar-refractivity contribution < 1.29 is 19.2 Å². The van der Waals surface area contributed by atoms with E-state index in [1.165, 1.54) is 17.4 Å². The number of ether oxygens (including phenoxy) is 1. The molecule has 1 aromatic heterocycles. The number of hydrogen-bond acceptors (Lipinski definition) is 6. The second-order valence-electron chi connectivity index (χ2n) is 6.47. The summed E-state index contributed by atoms with van der Waals surface area (Å²) in [5.74, 6) is -0.827. The van der Waals surface area contributed by atoms with Gasteiger partial charge in [-0.15, -0.1) is 11.3 Å². The molecule has 1 aromatic carbocycles. The Morgan fingerprint density at radius 1 is 1.33 bits per heavy atom. The monoisotopic (exact) mass is 390 g/mol. The Kier molecular flexibility index (Phi) is 6.68. The van der Waals surface area contributed by atoms with Crippen LogP contribution >= 0.6 is 11.3 Å². The van der Waals surface area contributed by atoms with Crippen LogP contribution in [0.2, 0.25) is 0 Å². The minimum atomic E-state index is -0.631. The lowest BCUT2D eigenvalue weighted by molar-refractivity contribution is -0.385. The van der Waals surface area contributed by atoms with Crippen LogP contribution in [0.5, 0.6) is 0 Å². The number of carbonyl (C=O) groups is 2. The molecule has 1 N–H and O–H groups in total. The quantitative estimate of drug-likeness (QED) is 0.423. The summed E-state index contributed by atoms with van der Waals surface area (Å²) in [7, 11) is 0. The highest BCUT2D eigenvalue weighted by molar-refractivity contribution is 7.15. The number of benzene rings is 1. The molecule has 0 fully saturated rings. The van der Waals surface area contributed by atoms with Crippen molar-refractivity contribution in [3.8, 4) is 0 Å². The number of para-hydroxylation sites is 1. The Morgan fingerprint density at radius 2 is 2.04 bits per heavy atom. The summed E-state index contributed by atoms with van der Waals surface area (Å²) in [6.45, 7) is 7.56. The lowest BCUT2D eigenvalue weighted by Gasteiger charge is -2.10. The first kappa shape index (κ1) is 20.6.